The first-order chi connectivity index (χ1) is 13.1. The number of amides is 1. The average Bonchev–Trinajstić information content (AvgIpc) is 3.01. The van der Waals surface area contributed by atoms with Crippen molar-refractivity contribution >= 4 is 31.5 Å². The van der Waals surface area contributed by atoms with Gasteiger partial charge in [0.2, 0.25) is 0 Å². The molecule has 2 aromatic carbocycles. The van der Waals surface area contributed by atoms with E-state index in [1.165, 1.54) is 29.2 Å². The maximum atomic E-state index is 13.0. The standard InChI is InChI=1S/C18H19FN2O5S2/c1-21(16-10-11-27(23,24)12-16)18(22)13-2-6-15(7-3-13)20-28(25,26)17-8-4-14(19)5-9-17/h2-9,16,20H,10-12H2,1H3. The van der Waals surface area contributed by atoms with Crippen LogP contribution in [-0.4, -0.2) is 52.2 Å². The van der Waals surface area contributed by atoms with Crippen LogP contribution in [0.1, 0.15) is 16.8 Å². The molecule has 1 aliphatic rings. The Morgan fingerprint density at radius 1 is 1.11 bits per heavy atom. The first kappa shape index (κ1) is 20.3. The van der Waals surface area contributed by atoms with E-state index in [4.69, 9.17) is 0 Å². The average molecular weight is 426 g/mol. The Bertz CT molecular complexity index is 1080. The van der Waals surface area contributed by atoms with Crippen LogP contribution < -0.4 is 4.72 Å². The monoisotopic (exact) mass is 426 g/mol. The zero-order valence-corrected chi connectivity index (χ0v) is 16.6. The van der Waals surface area contributed by atoms with E-state index in [1.54, 1.807) is 7.05 Å². The lowest BCUT2D eigenvalue weighted by molar-refractivity contribution is 0.0747. The summed E-state index contributed by atoms with van der Waals surface area (Å²) in [6.07, 6.45) is 0.403. The van der Waals surface area contributed by atoms with E-state index >= 15 is 0 Å². The van der Waals surface area contributed by atoms with Crippen LogP contribution in [0.5, 0.6) is 0 Å². The van der Waals surface area contributed by atoms with Gasteiger partial charge in [-0.15, -0.1) is 0 Å². The topological polar surface area (TPSA) is 101 Å². The molecule has 2 aromatic rings. The van der Waals surface area contributed by atoms with E-state index in [2.05, 4.69) is 4.72 Å². The van der Waals surface area contributed by atoms with Gasteiger partial charge in [0.15, 0.2) is 9.84 Å². The van der Waals surface area contributed by atoms with Gasteiger partial charge in [0.1, 0.15) is 5.82 Å². The fourth-order valence-electron chi connectivity index (χ4n) is 2.96. The number of sulfonamides is 1. The van der Waals surface area contributed by atoms with Gasteiger partial charge in [-0.05, 0) is 55.0 Å². The van der Waals surface area contributed by atoms with Gasteiger partial charge in [-0.2, -0.15) is 0 Å². The van der Waals surface area contributed by atoms with E-state index in [1.807, 2.05) is 0 Å². The van der Waals surface area contributed by atoms with Crippen LogP contribution in [0.4, 0.5) is 10.1 Å². The first-order valence-electron chi connectivity index (χ1n) is 8.43. The second-order valence-electron chi connectivity index (χ2n) is 6.61. The third-order valence-corrected chi connectivity index (χ3v) is 7.73. The molecule has 28 heavy (non-hydrogen) atoms. The number of carbonyl (C=O) groups excluding carboxylic acids is 1. The molecule has 10 heteroatoms. The van der Waals surface area contributed by atoms with E-state index in [-0.39, 0.29) is 34.0 Å². The van der Waals surface area contributed by atoms with Gasteiger partial charge in [-0.3, -0.25) is 9.52 Å². The van der Waals surface area contributed by atoms with Crippen LogP contribution in [0.15, 0.2) is 53.4 Å². The zero-order valence-electron chi connectivity index (χ0n) is 15.0. The van der Waals surface area contributed by atoms with Crippen molar-refractivity contribution in [3.63, 3.8) is 0 Å². The van der Waals surface area contributed by atoms with Crippen molar-refractivity contribution in [1.29, 1.82) is 0 Å². The van der Waals surface area contributed by atoms with Gasteiger partial charge in [0.05, 0.1) is 16.4 Å². The van der Waals surface area contributed by atoms with Crippen LogP contribution in [0, 0.1) is 5.82 Å². The summed E-state index contributed by atoms with van der Waals surface area (Å²) in [6.45, 7) is 0. The summed E-state index contributed by atoms with van der Waals surface area (Å²) in [5.41, 5.74) is 0.559. The van der Waals surface area contributed by atoms with E-state index < -0.39 is 25.7 Å². The summed E-state index contributed by atoms with van der Waals surface area (Å²) in [4.78, 5) is 13.9. The quantitative estimate of drug-likeness (QED) is 0.787. The Balaban J connectivity index is 1.71. The molecule has 0 spiro atoms. The van der Waals surface area contributed by atoms with Crippen LogP contribution >= 0.6 is 0 Å². The number of sulfone groups is 1. The Morgan fingerprint density at radius 2 is 1.71 bits per heavy atom. The fourth-order valence-corrected chi connectivity index (χ4v) is 5.79. The number of halogens is 1. The highest BCUT2D eigenvalue weighted by Crippen LogP contribution is 2.21. The molecule has 1 N–H and O–H groups in total. The second-order valence-corrected chi connectivity index (χ2v) is 10.5. The molecule has 1 saturated heterocycles. The summed E-state index contributed by atoms with van der Waals surface area (Å²) < 4.78 is 63.1. The number of nitrogens with one attached hydrogen (secondary N) is 1. The fraction of sp³-hybridized carbons (Fsp3) is 0.278. The van der Waals surface area contributed by atoms with Gasteiger partial charge < -0.3 is 4.90 Å². The Hall–Kier alpha value is -2.46. The summed E-state index contributed by atoms with van der Waals surface area (Å²) in [7, 11) is -5.44. The molecule has 7 nitrogen and oxygen atoms in total. The maximum Gasteiger partial charge on any atom is 0.261 e. The third-order valence-electron chi connectivity index (χ3n) is 4.58. The SMILES string of the molecule is CN(C(=O)c1ccc(NS(=O)(=O)c2ccc(F)cc2)cc1)C1CCS(=O)(=O)C1. The van der Waals surface area contributed by atoms with Crippen molar-refractivity contribution in [2.45, 2.75) is 17.4 Å². The molecule has 1 heterocycles. The predicted octanol–water partition coefficient (Wildman–Crippen LogP) is 1.89. The predicted molar refractivity (Wildman–Crippen MR) is 103 cm³/mol. The number of hydrogen-bond donors (Lipinski definition) is 1. The molecule has 1 unspecified atom stereocenters. The highest BCUT2D eigenvalue weighted by molar-refractivity contribution is 7.92. The number of rotatable bonds is 5. The van der Waals surface area contributed by atoms with Crippen LogP contribution in [-0.2, 0) is 19.9 Å². The third kappa shape index (κ3) is 4.50. The maximum absolute atomic E-state index is 13.0. The zero-order chi connectivity index (χ0) is 20.5. The van der Waals surface area contributed by atoms with Crippen molar-refractivity contribution in [1.82, 2.24) is 4.90 Å². The molecular weight excluding hydrogens is 407 g/mol. The highest BCUT2D eigenvalue weighted by atomic mass is 32.2. The summed E-state index contributed by atoms with van der Waals surface area (Å²) >= 11 is 0. The van der Waals surface area contributed by atoms with Crippen molar-refractivity contribution in [3.8, 4) is 0 Å². The Kier molecular flexibility index (Phi) is 5.44. The van der Waals surface area contributed by atoms with E-state index in [0.717, 1.165) is 24.3 Å². The molecule has 3 rings (SSSR count). The Labute approximate surface area is 163 Å². The van der Waals surface area contributed by atoms with Crippen LogP contribution in [0.25, 0.3) is 0 Å². The summed E-state index contributed by atoms with van der Waals surface area (Å²) in [5.74, 6) is -0.861. The van der Waals surface area contributed by atoms with Crippen molar-refractivity contribution in [3.05, 3.63) is 59.9 Å². The van der Waals surface area contributed by atoms with Crippen LogP contribution in [0.2, 0.25) is 0 Å². The second kappa shape index (κ2) is 7.51. The molecule has 1 aliphatic heterocycles. The molecule has 150 valence electrons. The smallest absolute Gasteiger partial charge is 0.261 e. The van der Waals surface area contributed by atoms with Crippen LogP contribution in [0.3, 0.4) is 0 Å². The molecule has 1 amide bonds. The van der Waals surface area contributed by atoms with Crippen molar-refractivity contribution < 1.29 is 26.0 Å². The van der Waals surface area contributed by atoms with Crippen molar-refractivity contribution in [2.24, 2.45) is 0 Å². The molecular formula is C18H19FN2O5S2. The number of hydrogen-bond acceptors (Lipinski definition) is 5. The molecule has 0 aromatic heterocycles. The lowest BCUT2D eigenvalue weighted by Crippen LogP contribution is -2.37. The van der Waals surface area contributed by atoms with Gasteiger partial charge >= 0.3 is 0 Å². The van der Waals surface area contributed by atoms with E-state index in [9.17, 15) is 26.0 Å². The largest absolute Gasteiger partial charge is 0.338 e. The first-order valence-corrected chi connectivity index (χ1v) is 11.7. The molecule has 0 bridgehead atoms. The van der Waals surface area contributed by atoms with Gasteiger partial charge in [0, 0.05) is 24.3 Å². The van der Waals surface area contributed by atoms with Gasteiger partial charge in [-0.25, -0.2) is 21.2 Å². The highest BCUT2D eigenvalue weighted by Gasteiger charge is 2.33. The van der Waals surface area contributed by atoms with Gasteiger partial charge in [0.25, 0.3) is 15.9 Å². The molecule has 0 aliphatic carbocycles. The minimum absolute atomic E-state index is 0.0508. The molecule has 0 radical (unpaired) electrons. The minimum atomic E-state index is -3.88. The number of anilines is 1. The molecule has 1 atom stereocenters. The van der Waals surface area contributed by atoms with Crippen molar-refractivity contribution in [2.75, 3.05) is 23.3 Å². The Morgan fingerprint density at radius 3 is 2.25 bits per heavy atom. The number of benzene rings is 2. The molecule has 0 saturated carbocycles. The summed E-state index contributed by atoms with van der Waals surface area (Å²) in [6, 6.07) is 9.84. The lowest BCUT2D eigenvalue weighted by atomic mass is 10.1. The molecule has 1 fully saturated rings. The number of carbonyl (C=O) groups is 1. The normalized spacial score (nSPS) is 18.6. The van der Waals surface area contributed by atoms with Gasteiger partial charge in [-0.1, -0.05) is 0 Å². The number of nitrogens with zero attached hydrogens (tertiary/aromatic N) is 1. The summed E-state index contributed by atoms with van der Waals surface area (Å²) in [5, 5.41) is 0. The lowest BCUT2D eigenvalue weighted by Gasteiger charge is -2.23. The minimum Gasteiger partial charge on any atom is -0.338 e. The van der Waals surface area contributed by atoms with E-state index in [0.29, 0.717) is 12.0 Å².